The number of nitrogens with zero attached hydrogens (tertiary/aromatic N) is 1. The molecule has 0 radical (unpaired) electrons. The molecule has 0 saturated carbocycles. The molecule has 2 aromatic rings. The Hall–Kier alpha value is -2.07. The summed E-state index contributed by atoms with van der Waals surface area (Å²) >= 11 is 0. The predicted molar refractivity (Wildman–Crippen MR) is 84.4 cm³/mol. The molecule has 0 N–H and O–H groups in total. The second-order valence-corrected chi connectivity index (χ2v) is 5.48. The smallest absolute Gasteiger partial charge is 0.0991 e. The molecule has 0 spiro atoms. The Labute approximate surface area is 121 Å². The van der Waals surface area contributed by atoms with E-state index in [9.17, 15) is 0 Å². The van der Waals surface area contributed by atoms with Crippen molar-refractivity contribution in [1.29, 1.82) is 5.26 Å². The van der Waals surface area contributed by atoms with Gasteiger partial charge in [0, 0.05) is 0 Å². The van der Waals surface area contributed by atoms with E-state index >= 15 is 0 Å². The molecule has 1 heteroatoms. The lowest BCUT2D eigenvalue weighted by molar-refractivity contribution is 0.522. The summed E-state index contributed by atoms with van der Waals surface area (Å²) in [6, 6.07) is 18.7. The third-order valence-corrected chi connectivity index (χ3v) is 3.67. The van der Waals surface area contributed by atoms with E-state index < -0.39 is 0 Å². The first kappa shape index (κ1) is 14.3. The van der Waals surface area contributed by atoms with Crippen LogP contribution in [0.25, 0.3) is 11.1 Å². The highest BCUT2D eigenvalue weighted by molar-refractivity contribution is 5.64. The van der Waals surface area contributed by atoms with Crippen molar-refractivity contribution < 1.29 is 0 Å². The number of rotatable bonds is 5. The van der Waals surface area contributed by atoms with E-state index in [2.05, 4.69) is 44.2 Å². The Kier molecular flexibility index (Phi) is 4.96. The highest BCUT2D eigenvalue weighted by atomic mass is 14.2. The first-order valence-corrected chi connectivity index (χ1v) is 7.32. The lowest BCUT2D eigenvalue weighted by atomic mass is 9.95. The average Bonchev–Trinajstić information content (AvgIpc) is 2.48. The van der Waals surface area contributed by atoms with Gasteiger partial charge < -0.3 is 0 Å². The molecule has 0 heterocycles. The van der Waals surface area contributed by atoms with Crippen LogP contribution in [0.4, 0.5) is 0 Å². The van der Waals surface area contributed by atoms with Crippen molar-refractivity contribution in [2.24, 2.45) is 5.92 Å². The van der Waals surface area contributed by atoms with Gasteiger partial charge in [-0.05, 0) is 41.2 Å². The Bertz CT molecular complexity index is 573. The summed E-state index contributed by atoms with van der Waals surface area (Å²) in [4.78, 5) is 0. The summed E-state index contributed by atoms with van der Waals surface area (Å²) in [6.07, 6.45) is 3.70. The quantitative estimate of drug-likeness (QED) is 0.727. The zero-order valence-electron chi connectivity index (χ0n) is 12.3. The van der Waals surface area contributed by atoms with E-state index in [1.165, 1.54) is 24.0 Å². The van der Waals surface area contributed by atoms with Gasteiger partial charge in [0.1, 0.15) is 0 Å². The van der Waals surface area contributed by atoms with Crippen LogP contribution in [0.3, 0.4) is 0 Å². The van der Waals surface area contributed by atoms with E-state index in [1.807, 2.05) is 24.3 Å². The lowest BCUT2D eigenvalue weighted by Crippen LogP contribution is -1.98. The molecule has 102 valence electrons. The molecule has 2 aromatic carbocycles. The summed E-state index contributed by atoms with van der Waals surface area (Å²) in [5, 5.41) is 8.81. The highest BCUT2D eigenvalue weighted by Crippen LogP contribution is 2.22. The number of benzene rings is 2. The van der Waals surface area contributed by atoms with Gasteiger partial charge in [-0.25, -0.2) is 0 Å². The minimum absolute atomic E-state index is 0.707. The van der Waals surface area contributed by atoms with Gasteiger partial charge >= 0.3 is 0 Å². The maximum absolute atomic E-state index is 8.81. The van der Waals surface area contributed by atoms with Crippen molar-refractivity contribution in [2.45, 2.75) is 33.1 Å². The van der Waals surface area contributed by atoms with Crippen LogP contribution < -0.4 is 0 Å². The second-order valence-electron chi connectivity index (χ2n) is 5.48. The van der Waals surface area contributed by atoms with Crippen molar-refractivity contribution in [2.75, 3.05) is 0 Å². The number of hydrogen-bond donors (Lipinski definition) is 0. The van der Waals surface area contributed by atoms with Crippen LogP contribution in [0.15, 0.2) is 48.5 Å². The zero-order chi connectivity index (χ0) is 14.4. The molecule has 1 nitrogen and oxygen atoms in total. The third-order valence-electron chi connectivity index (χ3n) is 3.67. The van der Waals surface area contributed by atoms with Gasteiger partial charge in [0.05, 0.1) is 11.6 Å². The van der Waals surface area contributed by atoms with Crippen molar-refractivity contribution >= 4 is 0 Å². The molecule has 0 saturated heterocycles. The first-order chi connectivity index (χ1) is 9.72. The normalized spacial score (nSPS) is 11.8. The summed E-state index contributed by atoms with van der Waals surface area (Å²) in [5.74, 6) is 0.751. The molecular weight excluding hydrogens is 242 g/mol. The van der Waals surface area contributed by atoms with Crippen LogP contribution >= 0.6 is 0 Å². The fraction of sp³-hybridized carbons (Fsp3) is 0.316. The maximum Gasteiger partial charge on any atom is 0.0991 e. The topological polar surface area (TPSA) is 23.8 Å². The van der Waals surface area contributed by atoms with Crippen LogP contribution in [0, 0.1) is 17.2 Å². The first-order valence-electron chi connectivity index (χ1n) is 7.32. The minimum Gasteiger partial charge on any atom is -0.192 e. The van der Waals surface area contributed by atoms with E-state index in [0.717, 1.165) is 17.9 Å². The molecule has 0 aromatic heterocycles. The molecule has 2 rings (SSSR count). The van der Waals surface area contributed by atoms with E-state index in [0.29, 0.717) is 5.56 Å². The Morgan fingerprint density at radius 1 is 0.950 bits per heavy atom. The van der Waals surface area contributed by atoms with Crippen LogP contribution in [0.2, 0.25) is 0 Å². The Morgan fingerprint density at radius 3 is 2.00 bits per heavy atom. The molecule has 0 bridgehead atoms. The molecule has 1 atom stereocenters. The Morgan fingerprint density at radius 2 is 1.50 bits per heavy atom. The molecule has 0 aliphatic rings. The standard InChI is InChI=1S/C19H21N/c1-3-4-15(2)13-16-5-9-18(10-6-16)19-11-7-17(14-20)8-12-19/h5-12,15H,3-4,13H2,1-2H3. The van der Waals surface area contributed by atoms with Gasteiger partial charge in [0.25, 0.3) is 0 Å². The number of hydrogen-bond acceptors (Lipinski definition) is 1. The fourth-order valence-electron chi connectivity index (χ4n) is 2.57. The maximum atomic E-state index is 8.81. The van der Waals surface area contributed by atoms with E-state index in [1.54, 1.807) is 0 Å². The van der Waals surface area contributed by atoms with Crippen LogP contribution in [-0.2, 0) is 6.42 Å². The predicted octanol–water partition coefficient (Wildman–Crippen LogP) is 5.20. The van der Waals surface area contributed by atoms with Gasteiger partial charge in [-0.2, -0.15) is 5.26 Å². The van der Waals surface area contributed by atoms with Gasteiger partial charge in [-0.3, -0.25) is 0 Å². The van der Waals surface area contributed by atoms with Gasteiger partial charge in [-0.1, -0.05) is 63.1 Å². The molecule has 1 unspecified atom stereocenters. The largest absolute Gasteiger partial charge is 0.192 e. The summed E-state index contributed by atoms with van der Waals surface area (Å²) in [6.45, 7) is 4.56. The number of nitriles is 1. The fourth-order valence-corrected chi connectivity index (χ4v) is 2.57. The summed E-state index contributed by atoms with van der Waals surface area (Å²) in [5.41, 5.74) is 4.49. The summed E-state index contributed by atoms with van der Waals surface area (Å²) in [7, 11) is 0. The lowest BCUT2D eigenvalue weighted by Gasteiger charge is -2.10. The molecule has 0 aliphatic carbocycles. The monoisotopic (exact) mass is 263 g/mol. The highest BCUT2D eigenvalue weighted by Gasteiger charge is 2.03. The van der Waals surface area contributed by atoms with Crippen molar-refractivity contribution in [3.05, 3.63) is 59.7 Å². The summed E-state index contributed by atoms with van der Waals surface area (Å²) < 4.78 is 0. The van der Waals surface area contributed by atoms with Crippen LogP contribution in [0.5, 0.6) is 0 Å². The molecule has 0 fully saturated rings. The average molecular weight is 263 g/mol. The molecule has 20 heavy (non-hydrogen) atoms. The van der Waals surface area contributed by atoms with Crippen molar-refractivity contribution in [1.82, 2.24) is 0 Å². The van der Waals surface area contributed by atoms with Crippen molar-refractivity contribution in [3.8, 4) is 17.2 Å². The van der Waals surface area contributed by atoms with Gasteiger partial charge in [-0.15, -0.1) is 0 Å². The molecular formula is C19H21N. The van der Waals surface area contributed by atoms with E-state index in [-0.39, 0.29) is 0 Å². The van der Waals surface area contributed by atoms with Crippen LogP contribution in [-0.4, -0.2) is 0 Å². The Balaban J connectivity index is 2.09. The third kappa shape index (κ3) is 3.71. The second kappa shape index (κ2) is 6.91. The molecule has 0 aliphatic heterocycles. The van der Waals surface area contributed by atoms with Gasteiger partial charge in [0.15, 0.2) is 0 Å². The van der Waals surface area contributed by atoms with E-state index in [4.69, 9.17) is 5.26 Å². The van der Waals surface area contributed by atoms with Crippen molar-refractivity contribution in [3.63, 3.8) is 0 Å². The van der Waals surface area contributed by atoms with Gasteiger partial charge in [0.2, 0.25) is 0 Å². The minimum atomic E-state index is 0.707. The zero-order valence-corrected chi connectivity index (χ0v) is 12.3. The van der Waals surface area contributed by atoms with Crippen LogP contribution in [0.1, 0.15) is 37.8 Å². The SMILES string of the molecule is CCCC(C)Cc1ccc(-c2ccc(C#N)cc2)cc1. The molecule has 0 amide bonds.